The molecule has 0 spiro atoms. The number of hydrogen-bond donors (Lipinski definition) is 2. The van der Waals surface area contributed by atoms with Gasteiger partial charge < -0.3 is 20.3 Å². The molecule has 10 heteroatoms. The van der Waals surface area contributed by atoms with Crippen molar-refractivity contribution < 1.29 is 13.2 Å². The van der Waals surface area contributed by atoms with E-state index in [1.165, 1.54) is 0 Å². The molecule has 0 unspecified atom stereocenters. The van der Waals surface area contributed by atoms with Gasteiger partial charge >= 0.3 is 0 Å². The molecule has 2 N–H and O–H groups in total. The summed E-state index contributed by atoms with van der Waals surface area (Å²) in [5, 5.41) is 6.60. The average molecular weight is 422 g/mol. The van der Waals surface area contributed by atoms with Gasteiger partial charge in [-0.1, -0.05) is 0 Å². The monoisotopic (exact) mass is 421 g/mol. The van der Waals surface area contributed by atoms with Crippen LogP contribution in [-0.2, 0) is 14.8 Å². The molecule has 2 aliphatic rings. The Kier molecular flexibility index (Phi) is 10.2. The van der Waals surface area contributed by atoms with E-state index in [4.69, 9.17) is 4.74 Å². The number of sulfonamides is 1. The third-order valence-corrected chi connectivity index (χ3v) is 7.81. The van der Waals surface area contributed by atoms with Crippen LogP contribution in [0.4, 0.5) is 0 Å². The Morgan fingerprint density at radius 3 is 2.56 bits per heavy atom. The number of likely N-dealkylation sites (tertiary alicyclic amines) is 1. The Morgan fingerprint density at radius 1 is 1.22 bits per heavy atom. The van der Waals surface area contributed by atoms with Crippen LogP contribution >= 0.6 is 11.8 Å². The lowest BCUT2D eigenvalue weighted by Crippen LogP contribution is -2.50. The molecule has 0 aromatic rings. The number of methoxy groups -OCH3 is 1. The summed E-state index contributed by atoms with van der Waals surface area (Å²) < 4.78 is 31.5. The molecular formula is C17H35N5O3S2. The number of piperidine rings is 1. The van der Waals surface area contributed by atoms with Gasteiger partial charge in [-0.3, -0.25) is 4.99 Å². The minimum absolute atomic E-state index is 0.107. The van der Waals surface area contributed by atoms with E-state index in [1.54, 1.807) is 18.5 Å². The highest BCUT2D eigenvalue weighted by atomic mass is 32.2. The third-order valence-electron chi connectivity index (χ3n) is 4.99. The fraction of sp³-hybridized carbons (Fsp3) is 0.941. The molecule has 2 saturated heterocycles. The number of nitrogens with one attached hydrogen (secondary N) is 2. The number of ether oxygens (including phenoxy) is 1. The fourth-order valence-corrected chi connectivity index (χ4v) is 5.87. The van der Waals surface area contributed by atoms with Gasteiger partial charge in [-0.15, -0.1) is 0 Å². The second kappa shape index (κ2) is 12.1. The summed E-state index contributed by atoms with van der Waals surface area (Å²) in [6.45, 7) is 5.67. The van der Waals surface area contributed by atoms with E-state index in [2.05, 4.69) is 20.5 Å². The quantitative estimate of drug-likeness (QED) is 0.309. The van der Waals surface area contributed by atoms with Gasteiger partial charge in [0.2, 0.25) is 10.0 Å². The van der Waals surface area contributed by atoms with Gasteiger partial charge in [-0.25, -0.2) is 12.7 Å². The van der Waals surface area contributed by atoms with Crippen LogP contribution in [0.25, 0.3) is 0 Å². The van der Waals surface area contributed by atoms with E-state index in [1.807, 2.05) is 11.8 Å². The zero-order valence-electron chi connectivity index (χ0n) is 16.7. The highest BCUT2D eigenvalue weighted by Crippen LogP contribution is 2.13. The van der Waals surface area contributed by atoms with Gasteiger partial charge in [-0.05, 0) is 19.3 Å². The predicted octanol–water partition coefficient (Wildman–Crippen LogP) is 0.0309. The predicted molar refractivity (Wildman–Crippen MR) is 113 cm³/mol. The van der Waals surface area contributed by atoms with E-state index in [0.717, 1.165) is 57.0 Å². The Balaban J connectivity index is 1.66. The zero-order valence-corrected chi connectivity index (χ0v) is 18.3. The van der Waals surface area contributed by atoms with Gasteiger partial charge in [0.05, 0.1) is 5.75 Å². The summed E-state index contributed by atoms with van der Waals surface area (Å²) in [6.07, 6.45) is 3.21. The first-order valence-electron chi connectivity index (χ1n) is 9.79. The third kappa shape index (κ3) is 8.15. The van der Waals surface area contributed by atoms with Crippen molar-refractivity contribution in [1.29, 1.82) is 0 Å². The Hall–Kier alpha value is -0.550. The minimum atomic E-state index is -3.18. The van der Waals surface area contributed by atoms with E-state index < -0.39 is 10.0 Å². The van der Waals surface area contributed by atoms with Crippen LogP contribution in [0.3, 0.4) is 0 Å². The van der Waals surface area contributed by atoms with Crippen molar-refractivity contribution in [1.82, 2.24) is 19.8 Å². The van der Waals surface area contributed by atoms with Crippen LogP contribution in [0.5, 0.6) is 0 Å². The SMILES string of the molecule is CN=C(NCCS(=O)(=O)N1CCSCC1)NC1CCN(CCCOC)CC1. The number of rotatable bonds is 9. The molecule has 0 amide bonds. The number of hydrogen-bond acceptors (Lipinski definition) is 6. The molecule has 27 heavy (non-hydrogen) atoms. The van der Waals surface area contributed by atoms with E-state index in [9.17, 15) is 8.42 Å². The normalized spacial score (nSPS) is 21.3. The van der Waals surface area contributed by atoms with E-state index in [-0.39, 0.29) is 5.75 Å². The second-order valence-electron chi connectivity index (χ2n) is 6.93. The summed E-state index contributed by atoms with van der Waals surface area (Å²) in [7, 11) is 0.289. The van der Waals surface area contributed by atoms with Crippen molar-refractivity contribution in [3.05, 3.63) is 0 Å². The molecule has 158 valence electrons. The highest BCUT2D eigenvalue weighted by molar-refractivity contribution is 7.99. The summed E-state index contributed by atoms with van der Waals surface area (Å²) in [4.78, 5) is 6.72. The second-order valence-corrected chi connectivity index (χ2v) is 10.2. The Bertz CT molecular complexity index is 545. The smallest absolute Gasteiger partial charge is 0.215 e. The average Bonchev–Trinajstić information content (AvgIpc) is 2.69. The van der Waals surface area contributed by atoms with Gasteiger partial charge in [-0.2, -0.15) is 11.8 Å². The van der Waals surface area contributed by atoms with Crippen LogP contribution in [-0.4, -0.2) is 107 Å². The lowest BCUT2D eigenvalue weighted by molar-refractivity contribution is 0.155. The lowest BCUT2D eigenvalue weighted by atomic mass is 10.1. The van der Waals surface area contributed by atoms with Crippen molar-refractivity contribution in [2.75, 3.05) is 77.3 Å². The first kappa shape index (κ1) is 22.7. The Morgan fingerprint density at radius 2 is 1.93 bits per heavy atom. The molecule has 0 aromatic heterocycles. The van der Waals surface area contributed by atoms with Crippen molar-refractivity contribution in [3.8, 4) is 0 Å². The molecule has 2 rings (SSSR count). The number of aliphatic imine (C=N–C) groups is 1. The zero-order chi connectivity index (χ0) is 19.5. The Labute approximate surface area is 168 Å². The molecule has 0 aromatic carbocycles. The van der Waals surface area contributed by atoms with Crippen molar-refractivity contribution in [2.45, 2.75) is 25.3 Å². The van der Waals surface area contributed by atoms with E-state index in [0.29, 0.717) is 31.6 Å². The standard InChI is InChI=1S/C17H35N5O3S2/c1-18-17(19-6-15-27(23,24)22-10-13-26-14-11-22)20-16-4-8-21(9-5-16)7-3-12-25-2/h16H,3-15H2,1-2H3,(H2,18,19,20). The summed E-state index contributed by atoms with van der Waals surface area (Å²) in [6, 6.07) is 0.380. The number of guanidine groups is 1. The topological polar surface area (TPSA) is 86.3 Å². The molecule has 0 aliphatic carbocycles. The van der Waals surface area contributed by atoms with Crippen LogP contribution in [0.1, 0.15) is 19.3 Å². The van der Waals surface area contributed by atoms with Gasteiger partial charge in [0.1, 0.15) is 0 Å². The highest BCUT2D eigenvalue weighted by Gasteiger charge is 2.24. The fourth-order valence-electron chi connectivity index (χ4n) is 3.37. The molecule has 2 fully saturated rings. The van der Waals surface area contributed by atoms with Gasteiger partial charge in [0.15, 0.2) is 5.96 Å². The van der Waals surface area contributed by atoms with Crippen molar-refractivity contribution in [3.63, 3.8) is 0 Å². The molecule has 2 aliphatic heterocycles. The van der Waals surface area contributed by atoms with Gasteiger partial charge in [0, 0.05) is 77.6 Å². The minimum Gasteiger partial charge on any atom is -0.385 e. The van der Waals surface area contributed by atoms with E-state index >= 15 is 0 Å². The van der Waals surface area contributed by atoms with Crippen LogP contribution in [0, 0.1) is 0 Å². The largest absolute Gasteiger partial charge is 0.385 e. The summed E-state index contributed by atoms with van der Waals surface area (Å²) >= 11 is 1.81. The molecule has 8 nitrogen and oxygen atoms in total. The van der Waals surface area contributed by atoms with Crippen molar-refractivity contribution >= 4 is 27.7 Å². The maximum Gasteiger partial charge on any atom is 0.215 e. The maximum atomic E-state index is 12.4. The molecule has 0 saturated carbocycles. The van der Waals surface area contributed by atoms with Crippen LogP contribution in [0.15, 0.2) is 4.99 Å². The van der Waals surface area contributed by atoms with Crippen LogP contribution < -0.4 is 10.6 Å². The first-order valence-corrected chi connectivity index (χ1v) is 12.6. The number of thioether (sulfide) groups is 1. The molecular weight excluding hydrogens is 386 g/mol. The lowest BCUT2D eigenvalue weighted by Gasteiger charge is -2.33. The summed E-state index contributed by atoms with van der Waals surface area (Å²) in [5.41, 5.74) is 0. The molecule has 0 bridgehead atoms. The molecule has 0 atom stereocenters. The van der Waals surface area contributed by atoms with Crippen LogP contribution in [0.2, 0.25) is 0 Å². The molecule has 0 radical (unpaired) electrons. The maximum absolute atomic E-state index is 12.4. The first-order chi connectivity index (χ1) is 13.0. The number of nitrogens with zero attached hydrogens (tertiary/aromatic N) is 3. The van der Waals surface area contributed by atoms with Gasteiger partial charge in [0.25, 0.3) is 0 Å². The van der Waals surface area contributed by atoms with Crippen molar-refractivity contribution in [2.24, 2.45) is 4.99 Å². The molecule has 2 heterocycles. The summed E-state index contributed by atoms with van der Waals surface area (Å²) in [5.74, 6) is 2.58.